The topological polar surface area (TPSA) is 52.6 Å². The summed E-state index contributed by atoms with van der Waals surface area (Å²) in [7, 11) is 0. The van der Waals surface area contributed by atoms with E-state index in [4.69, 9.17) is 9.47 Å². The van der Waals surface area contributed by atoms with Gasteiger partial charge in [-0.15, -0.1) is 0 Å². The Morgan fingerprint density at radius 3 is 1.50 bits per heavy atom. The Kier molecular flexibility index (Phi) is 3.27. The molecule has 4 atom stereocenters. The largest absolute Gasteiger partial charge is 0.426 e. The summed E-state index contributed by atoms with van der Waals surface area (Å²) in [4.78, 5) is 25.2. The lowest BCUT2D eigenvalue weighted by Gasteiger charge is -2.53. The molecule has 26 heavy (non-hydrogen) atoms. The van der Waals surface area contributed by atoms with E-state index in [1.165, 1.54) is 11.1 Å². The van der Waals surface area contributed by atoms with Crippen LogP contribution in [0.1, 0.15) is 47.9 Å². The molecule has 0 bridgehead atoms. The highest BCUT2D eigenvalue weighted by atomic mass is 16.5. The van der Waals surface area contributed by atoms with Crippen molar-refractivity contribution in [3.8, 4) is 11.5 Å². The van der Waals surface area contributed by atoms with Gasteiger partial charge in [-0.3, -0.25) is 9.59 Å². The van der Waals surface area contributed by atoms with Crippen molar-refractivity contribution in [2.24, 2.45) is 11.8 Å². The van der Waals surface area contributed by atoms with Crippen LogP contribution in [0.5, 0.6) is 11.5 Å². The molecule has 2 heterocycles. The molecule has 0 unspecified atom stereocenters. The number of hydrogen-bond donors (Lipinski definition) is 0. The maximum absolute atomic E-state index is 12.6. The van der Waals surface area contributed by atoms with Gasteiger partial charge in [0.25, 0.3) is 0 Å². The molecule has 2 aliphatic heterocycles. The van der Waals surface area contributed by atoms with Crippen LogP contribution in [0.25, 0.3) is 0 Å². The molecule has 4 nitrogen and oxygen atoms in total. The first-order valence-corrected chi connectivity index (χ1v) is 9.31. The maximum Gasteiger partial charge on any atom is 0.315 e. The summed E-state index contributed by atoms with van der Waals surface area (Å²) < 4.78 is 11.1. The SMILES string of the molecule is CCc1ccc2c(c1)[C@@H]1[C@H](C(=O)O2)[C@H]2C(=O)Oc3ccc(CC)cc3[C@H]21. The van der Waals surface area contributed by atoms with Crippen LogP contribution in [0.15, 0.2) is 36.4 Å². The van der Waals surface area contributed by atoms with E-state index in [0.29, 0.717) is 11.5 Å². The molecule has 0 N–H and O–H groups in total. The van der Waals surface area contributed by atoms with Gasteiger partial charge in [0.15, 0.2) is 0 Å². The normalized spacial score (nSPS) is 27.9. The van der Waals surface area contributed by atoms with Crippen molar-refractivity contribution in [1.29, 1.82) is 0 Å². The first-order chi connectivity index (χ1) is 12.6. The van der Waals surface area contributed by atoms with Crippen LogP contribution in [0.4, 0.5) is 0 Å². The van der Waals surface area contributed by atoms with Crippen LogP contribution in [0.3, 0.4) is 0 Å². The molecule has 0 spiro atoms. The second-order valence-electron chi connectivity index (χ2n) is 7.40. The molecule has 2 aromatic carbocycles. The van der Waals surface area contributed by atoms with Gasteiger partial charge in [0.2, 0.25) is 0 Å². The van der Waals surface area contributed by atoms with Gasteiger partial charge in [-0.2, -0.15) is 0 Å². The lowest BCUT2D eigenvalue weighted by molar-refractivity contribution is -0.165. The molecular formula is C22H20O4. The van der Waals surface area contributed by atoms with E-state index >= 15 is 0 Å². The van der Waals surface area contributed by atoms with E-state index in [-0.39, 0.29) is 23.8 Å². The Hall–Kier alpha value is -2.62. The zero-order chi connectivity index (χ0) is 18.0. The fraction of sp³-hybridized carbons (Fsp3) is 0.364. The molecule has 1 aliphatic carbocycles. The number of carbonyl (C=O) groups is 2. The number of rotatable bonds is 2. The van der Waals surface area contributed by atoms with E-state index in [9.17, 15) is 9.59 Å². The average Bonchev–Trinajstić information content (AvgIpc) is 2.62. The van der Waals surface area contributed by atoms with Gasteiger partial charge < -0.3 is 9.47 Å². The van der Waals surface area contributed by atoms with Gasteiger partial charge in [-0.05, 0) is 47.2 Å². The van der Waals surface area contributed by atoms with Crippen molar-refractivity contribution in [3.63, 3.8) is 0 Å². The fourth-order valence-electron chi connectivity index (χ4n) is 4.80. The Balaban J connectivity index is 1.68. The standard InChI is InChI=1S/C22H20O4/c1-3-11-5-7-15-13(9-11)17-18-14-10-12(4-2)6-8-16(14)26-22(24)20(18)19(17)21(23)25-15/h5-10,17-20H,3-4H2,1-2H3/t17-,18-,19-,20-/m0/s1. The van der Waals surface area contributed by atoms with Crippen LogP contribution in [0.2, 0.25) is 0 Å². The summed E-state index contributed by atoms with van der Waals surface area (Å²) in [6.45, 7) is 4.22. The van der Waals surface area contributed by atoms with Gasteiger partial charge in [-0.25, -0.2) is 0 Å². The molecule has 4 heteroatoms. The second-order valence-corrected chi connectivity index (χ2v) is 7.40. The minimum absolute atomic E-state index is 0.0125. The van der Waals surface area contributed by atoms with Crippen molar-refractivity contribution in [1.82, 2.24) is 0 Å². The number of esters is 2. The number of fused-ring (bicyclic) bond motifs is 8. The Bertz CT molecular complexity index is 868. The molecule has 2 aromatic rings. The summed E-state index contributed by atoms with van der Waals surface area (Å²) in [5, 5.41) is 0. The molecule has 0 aromatic heterocycles. The summed E-state index contributed by atoms with van der Waals surface area (Å²) in [6.07, 6.45) is 1.84. The summed E-state index contributed by atoms with van der Waals surface area (Å²) in [5.74, 6) is -0.239. The minimum Gasteiger partial charge on any atom is -0.426 e. The van der Waals surface area contributed by atoms with E-state index in [1.54, 1.807) is 0 Å². The first kappa shape index (κ1) is 15.6. The van der Waals surface area contributed by atoms with Crippen molar-refractivity contribution >= 4 is 11.9 Å². The van der Waals surface area contributed by atoms with E-state index in [2.05, 4.69) is 26.0 Å². The molecule has 0 saturated heterocycles. The highest BCUT2D eigenvalue weighted by Gasteiger charge is 2.64. The average molecular weight is 348 g/mol. The zero-order valence-electron chi connectivity index (χ0n) is 14.8. The minimum atomic E-state index is -0.439. The molecule has 1 fully saturated rings. The molecule has 0 radical (unpaired) electrons. The van der Waals surface area contributed by atoms with Gasteiger partial charge >= 0.3 is 11.9 Å². The molecule has 5 rings (SSSR count). The monoisotopic (exact) mass is 348 g/mol. The van der Waals surface area contributed by atoms with Crippen LogP contribution < -0.4 is 9.47 Å². The third kappa shape index (κ3) is 1.96. The number of benzene rings is 2. The van der Waals surface area contributed by atoms with Crippen LogP contribution >= 0.6 is 0 Å². The van der Waals surface area contributed by atoms with Crippen molar-refractivity contribution in [2.75, 3.05) is 0 Å². The molecule has 0 amide bonds. The molecule has 3 aliphatic rings. The van der Waals surface area contributed by atoms with Gasteiger partial charge in [0.05, 0.1) is 11.8 Å². The number of carbonyl (C=O) groups excluding carboxylic acids is 2. The number of hydrogen-bond acceptors (Lipinski definition) is 4. The fourth-order valence-corrected chi connectivity index (χ4v) is 4.80. The number of aryl methyl sites for hydroxylation is 2. The third-order valence-electron chi connectivity index (χ3n) is 6.20. The van der Waals surface area contributed by atoms with Gasteiger partial charge in [-0.1, -0.05) is 38.1 Å². The van der Waals surface area contributed by atoms with Crippen LogP contribution in [0, 0.1) is 11.8 Å². The zero-order valence-corrected chi connectivity index (χ0v) is 14.8. The molecular weight excluding hydrogens is 328 g/mol. The lowest BCUT2D eigenvalue weighted by Crippen LogP contribution is -2.57. The summed E-state index contributed by atoms with van der Waals surface area (Å²) >= 11 is 0. The lowest BCUT2D eigenvalue weighted by atomic mass is 9.51. The Morgan fingerprint density at radius 1 is 0.692 bits per heavy atom. The predicted octanol–water partition coefficient (Wildman–Crippen LogP) is 3.76. The third-order valence-corrected chi connectivity index (χ3v) is 6.20. The Labute approximate surface area is 152 Å². The van der Waals surface area contributed by atoms with Crippen LogP contribution in [-0.2, 0) is 22.4 Å². The highest BCUT2D eigenvalue weighted by Crippen LogP contribution is 2.64. The van der Waals surface area contributed by atoms with Gasteiger partial charge in [0.1, 0.15) is 11.5 Å². The smallest absolute Gasteiger partial charge is 0.315 e. The summed E-state index contributed by atoms with van der Waals surface area (Å²) in [5.41, 5.74) is 4.53. The molecule has 1 saturated carbocycles. The quantitative estimate of drug-likeness (QED) is 0.612. The maximum atomic E-state index is 12.6. The van der Waals surface area contributed by atoms with Crippen molar-refractivity contribution in [2.45, 2.75) is 38.5 Å². The van der Waals surface area contributed by atoms with Crippen LogP contribution in [-0.4, -0.2) is 11.9 Å². The van der Waals surface area contributed by atoms with Crippen molar-refractivity contribution < 1.29 is 19.1 Å². The van der Waals surface area contributed by atoms with Gasteiger partial charge in [0, 0.05) is 11.8 Å². The molecule has 132 valence electrons. The first-order valence-electron chi connectivity index (χ1n) is 9.31. The highest BCUT2D eigenvalue weighted by molar-refractivity contribution is 5.92. The Morgan fingerprint density at radius 2 is 1.12 bits per heavy atom. The van der Waals surface area contributed by atoms with E-state index in [1.807, 2.05) is 24.3 Å². The number of ether oxygens (including phenoxy) is 2. The predicted molar refractivity (Wildman–Crippen MR) is 95.4 cm³/mol. The van der Waals surface area contributed by atoms with Crippen molar-refractivity contribution in [3.05, 3.63) is 58.7 Å². The summed E-state index contributed by atoms with van der Waals surface area (Å²) in [6, 6.07) is 12.1. The second kappa shape index (κ2) is 5.44. The van der Waals surface area contributed by atoms with E-state index < -0.39 is 11.8 Å². The van der Waals surface area contributed by atoms with E-state index in [0.717, 1.165) is 24.0 Å².